The number of aromatic nitrogens is 2. The first kappa shape index (κ1) is 22.7. The van der Waals surface area contributed by atoms with Crippen LogP contribution in [-0.2, 0) is 17.9 Å². The highest BCUT2D eigenvalue weighted by atomic mass is 16.2. The molecule has 1 aromatic heterocycles. The molecule has 2 amide bonds. The molecule has 0 radical (unpaired) electrons. The van der Waals surface area contributed by atoms with Gasteiger partial charge in [0.15, 0.2) is 0 Å². The number of carbonyl (C=O) groups excluding carboxylic acids is 2. The molecular formula is C27H24N4O3. The topological polar surface area (TPSA) is 93.1 Å². The van der Waals surface area contributed by atoms with Crippen molar-refractivity contribution in [1.82, 2.24) is 15.1 Å². The summed E-state index contributed by atoms with van der Waals surface area (Å²) in [6.07, 6.45) is 0. The van der Waals surface area contributed by atoms with Crippen molar-refractivity contribution in [3.8, 4) is 11.3 Å². The van der Waals surface area contributed by atoms with Gasteiger partial charge in [0.05, 0.1) is 16.9 Å². The maximum atomic E-state index is 12.8. The first-order chi connectivity index (χ1) is 16.5. The Balaban J connectivity index is 1.45. The van der Waals surface area contributed by atoms with Gasteiger partial charge >= 0.3 is 0 Å². The molecule has 4 aromatic rings. The second-order valence-electron chi connectivity index (χ2n) is 7.84. The van der Waals surface area contributed by atoms with Crippen molar-refractivity contribution in [2.75, 3.05) is 5.32 Å². The van der Waals surface area contributed by atoms with Crippen molar-refractivity contribution < 1.29 is 9.59 Å². The maximum Gasteiger partial charge on any atom is 0.267 e. The van der Waals surface area contributed by atoms with Gasteiger partial charge in [0, 0.05) is 18.2 Å². The highest BCUT2D eigenvalue weighted by Gasteiger charge is 2.14. The Bertz CT molecular complexity index is 1360. The predicted molar refractivity (Wildman–Crippen MR) is 131 cm³/mol. The Hall–Kier alpha value is -4.52. The molecule has 4 rings (SSSR count). The van der Waals surface area contributed by atoms with Crippen LogP contribution in [0.15, 0.2) is 95.8 Å². The van der Waals surface area contributed by atoms with Crippen molar-refractivity contribution in [2.45, 2.75) is 20.0 Å². The molecule has 0 aliphatic heterocycles. The standard InChI is InChI=1S/C27H24N4O3/c1-19-11-13-20(14-12-19)17-28-27(34)22-9-5-6-10-24(22)29-25(32)18-31-26(33)16-15-23(30-31)21-7-3-2-4-8-21/h2-16H,17-18H2,1H3,(H,28,34)(H,29,32). The Morgan fingerprint density at radius 3 is 2.32 bits per heavy atom. The van der Waals surface area contributed by atoms with Crippen LogP contribution in [0.2, 0.25) is 0 Å². The number of aryl methyl sites for hydroxylation is 1. The predicted octanol–water partition coefficient (Wildman–Crippen LogP) is 3.79. The normalized spacial score (nSPS) is 10.5. The van der Waals surface area contributed by atoms with Crippen LogP contribution in [-0.4, -0.2) is 21.6 Å². The van der Waals surface area contributed by atoms with Crippen LogP contribution in [0.1, 0.15) is 21.5 Å². The van der Waals surface area contributed by atoms with Crippen molar-refractivity contribution in [3.05, 3.63) is 118 Å². The fraction of sp³-hybridized carbons (Fsp3) is 0.111. The highest BCUT2D eigenvalue weighted by Crippen LogP contribution is 2.16. The molecule has 7 nitrogen and oxygen atoms in total. The smallest absolute Gasteiger partial charge is 0.267 e. The third-order valence-electron chi connectivity index (χ3n) is 5.25. The second-order valence-corrected chi connectivity index (χ2v) is 7.84. The molecule has 170 valence electrons. The van der Waals surface area contributed by atoms with E-state index in [1.807, 2.05) is 61.5 Å². The summed E-state index contributed by atoms with van der Waals surface area (Å²) in [5, 5.41) is 9.92. The SMILES string of the molecule is Cc1ccc(CNC(=O)c2ccccc2NC(=O)Cn2nc(-c3ccccc3)ccc2=O)cc1. The summed E-state index contributed by atoms with van der Waals surface area (Å²) in [5.41, 5.74) is 3.85. The molecule has 0 saturated carbocycles. The minimum absolute atomic E-state index is 0.279. The lowest BCUT2D eigenvalue weighted by atomic mass is 10.1. The summed E-state index contributed by atoms with van der Waals surface area (Å²) in [6, 6.07) is 27.0. The van der Waals surface area contributed by atoms with Gasteiger partial charge in [-0.05, 0) is 30.7 Å². The molecular weight excluding hydrogens is 428 g/mol. The number of carbonyl (C=O) groups is 2. The lowest BCUT2D eigenvalue weighted by Crippen LogP contribution is -2.30. The van der Waals surface area contributed by atoms with E-state index in [9.17, 15) is 14.4 Å². The van der Waals surface area contributed by atoms with Gasteiger partial charge in [-0.3, -0.25) is 14.4 Å². The minimum Gasteiger partial charge on any atom is -0.348 e. The van der Waals surface area contributed by atoms with E-state index in [0.29, 0.717) is 23.5 Å². The maximum absolute atomic E-state index is 12.8. The van der Waals surface area contributed by atoms with E-state index in [2.05, 4.69) is 15.7 Å². The number of rotatable bonds is 7. The molecule has 0 atom stereocenters. The van der Waals surface area contributed by atoms with Gasteiger partial charge in [-0.25, -0.2) is 4.68 Å². The lowest BCUT2D eigenvalue weighted by molar-refractivity contribution is -0.117. The Morgan fingerprint density at radius 2 is 1.56 bits per heavy atom. The van der Waals surface area contributed by atoms with Crippen LogP contribution >= 0.6 is 0 Å². The third-order valence-corrected chi connectivity index (χ3v) is 5.25. The van der Waals surface area contributed by atoms with Crippen LogP contribution in [0.4, 0.5) is 5.69 Å². The molecule has 0 saturated heterocycles. The fourth-order valence-electron chi connectivity index (χ4n) is 3.42. The zero-order chi connectivity index (χ0) is 23.9. The first-order valence-electron chi connectivity index (χ1n) is 10.9. The zero-order valence-corrected chi connectivity index (χ0v) is 18.7. The molecule has 0 unspecified atom stereocenters. The number of nitrogens with one attached hydrogen (secondary N) is 2. The first-order valence-corrected chi connectivity index (χ1v) is 10.9. The van der Waals surface area contributed by atoms with Gasteiger partial charge in [-0.1, -0.05) is 72.3 Å². The molecule has 1 heterocycles. The van der Waals surface area contributed by atoms with E-state index in [-0.39, 0.29) is 18.0 Å². The molecule has 0 aliphatic rings. The molecule has 0 aliphatic carbocycles. The molecule has 0 fully saturated rings. The van der Waals surface area contributed by atoms with Crippen molar-refractivity contribution >= 4 is 17.5 Å². The van der Waals surface area contributed by atoms with Gasteiger partial charge in [0.1, 0.15) is 6.54 Å². The summed E-state index contributed by atoms with van der Waals surface area (Å²) in [5.74, 6) is -0.767. The number of nitrogens with zero attached hydrogens (tertiary/aromatic N) is 2. The van der Waals surface area contributed by atoms with E-state index >= 15 is 0 Å². The number of anilines is 1. The largest absolute Gasteiger partial charge is 0.348 e. The van der Waals surface area contributed by atoms with E-state index < -0.39 is 5.91 Å². The van der Waals surface area contributed by atoms with E-state index in [1.165, 1.54) is 6.07 Å². The summed E-state index contributed by atoms with van der Waals surface area (Å²) in [4.78, 5) is 37.8. The summed E-state index contributed by atoms with van der Waals surface area (Å²) in [7, 11) is 0. The van der Waals surface area contributed by atoms with Crippen molar-refractivity contribution in [2.24, 2.45) is 0 Å². The van der Waals surface area contributed by atoms with Crippen LogP contribution in [0.3, 0.4) is 0 Å². The monoisotopic (exact) mass is 452 g/mol. The molecule has 7 heteroatoms. The molecule has 0 bridgehead atoms. The lowest BCUT2D eigenvalue weighted by Gasteiger charge is -2.12. The van der Waals surface area contributed by atoms with Gasteiger partial charge in [-0.15, -0.1) is 0 Å². The number of benzene rings is 3. The van der Waals surface area contributed by atoms with Crippen LogP contribution < -0.4 is 16.2 Å². The van der Waals surface area contributed by atoms with Crippen LogP contribution in [0.25, 0.3) is 11.3 Å². The van der Waals surface area contributed by atoms with Gasteiger partial charge < -0.3 is 10.6 Å². The summed E-state index contributed by atoms with van der Waals surface area (Å²) in [6.45, 7) is 2.09. The molecule has 2 N–H and O–H groups in total. The van der Waals surface area contributed by atoms with Crippen molar-refractivity contribution in [3.63, 3.8) is 0 Å². The van der Waals surface area contributed by atoms with Gasteiger partial charge in [0.25, 0.3) is 11.5 Å². The van der Waals surface area contributed by atoms with E-state index in [4.69, 9.17) is 0 Å². The average Bonchev–Trinajstić information content (AvgIpc) is 2.85. The number of amides is 2. The van der Waals surface area contributed by atoms with Crippen LogP contribution in [0.5, 0.6) is 0 Å². The summed E-state index contributed by atoms with van der Waals surface area (Å²) < 4.78 is 1.11. The molecule has 0 spiro atoms. The zero-order valence-electron chi connectivity index (χ0n) is 18.7. The van der Waals surface area contributed by atoms with E-state index in [0.717, 1.165) is 21.4 Å². The third kappa shape index (κ3) is 5.63. The highest BCUT2D eigenvalue weighted by molar-refractivity contribution is 6.03. The van der Waals surface area contributed by atoms with Crippen LogP contribution in [0, 0.1) is 6.92 Å². The van der Waals surface area contributed by atoms with E-state index in [1.54, 1.807) is 30.3 Å². The van der Waals surface area contributed by atoms with Crippen molar-refractivity contribution in [1.29, 1.82) is 0 Å². The molecule has 34 heavy (non-hydrogen) atoms. The summed E-state index contributed by atoms with van der Waals surface area (Å²) >= 11 is 0. The molecule has 3 aromatic carbocycles. The Labute approximate surface area is 197 Å². The minimum atomic E-state index is -0.460. The van der Waals surface area contributed by atoms with Gasteiger partial charge in [0.2, 0.25) is 5.91 Å². The second kappa shape index (κ2) is 10.4. The fourth-order valence-corrected chi connectivity index (χ4v) is 3.42. The number of hydrogen-bond donors (Lipinski definition) is 2. The quantitative estimate of drug-likeness (QED) is 0.446. The van der Waals surface area contributed by atoms with Gasteiger partial charge in [-0.2, -0.15) is 5.10 Å². The Kier molecular flexibility index (Phi) is 6.93. The number of hydrogen-bond acceptors (Lipinski definition) is 4. The Morgan fingerprint density at radius 1 is 0.853 bits per heavy atom. The number of para-hydroxylation sites is 1. The average molecular weight is 453 g/mol.